The molecule has 0 atom stereocenters. The number of hydrogen-bond acceptors (Lipinski definition) is 5. The zero-order valence-corrected chi connectivity index (χ0v) is 16.8. The van der Waals surface area contributed by atoms with Gasteiger partial charge in [-0.2, -0.15) is 5.26 Å². The molecule has 1 fully saturated rings. The van der Waals surface area contributed by atoms with Crippen LogP contribution in [0.4, 0.5) is 0 Å². The first-order valence-electron chi connectivity index (χ1n) is 10.2. The summed E-state index contributed by atoms with van der Waals surface area (Å²) in [4.78, 5) is 12.3. The van der Waals surface area contributed by atoms with E-state index in [2.05, 4.69) is 13.0 Å². The Hall–Kier alpha value is -2.68. The molecule has 0 amide bonds. The smallest absolute Gasteiger partial charge is 0.368 e. The Bertz CT molecular complexity index is 815. The highest BCUT2D eigenvalue weighted by molar-refractivity contribution is 5.76. The minimum absolute atomic E-state index is 0.350. The average molecular weight is 393 g/mol. The van der Waals surface area contributed by atoms with Crippen LogP contribution in [0.2, 0.25) is 0 Å². The molecular formula is C24H27NO4. The first-order valence-corrected chi connectivity index (χ1v) is 10.2. The summed E-state index contributed by atoms with van der Waals surface area (Å²) >= 11 is 0. The highest BCUT2D eigenvalue weighted by Crippen LogP contribution is 2.24. The number of ether oxygens (including phenoxy) is 3. The van der Waals surface area contributed by atoms with Crippen LogP contribution in [0.1, 0.15) is 44.6 Å². The van der Waals surface area contributed by atoms with E-state index in [4.69, 9.17) is 19.5 Å². The van der Waals surface area contributed by atoms with Crippen molar-refractivity contribution in [1.29, 1.82) is 5.26 Å². The van der Waals surface area contributed by atoms with Crippen LogP contribution in [-0.2, 0) is 14.3 Å². The molecule has 0 N–H and O–H groups in total. The Morgan fingerprint density at radius 3 is 2.21 bits per heavy atom. The van der Waals surface area contributed by atoms with Gasteiger partial charge < -0.3 is 14.2 Å². The Morgan fingerprint density at radius 2 is 1.62 bits per heavy atom. The van der Waals surface area contributed by atoms with E-state index in [1.165, 1.54) is 25.7 Å². The van der Waals surface area contributed by atoms with Crippen LogP contribution in [0.15, 0.2) is 48.5 Å². The molecule has 2 aromatic carbocycles. The minimum atomic E-state index is -0.958. The number of carbonyl (C=O) groups is 1. The number of nitriles is 1. The van der Waals surface area contributed by atoms with Gasteiger partial charge in [0.2, 0.25) is 0 Å². The van der Waals surface area contributed by atoms with Gasteiger partial charge in [-0.3, -0.25) is 0 Å². The molecule has 29 heavy (non-hydrogen) atoms. The zero-order chi connectivity index (χ0) is 20.5. The van der Waals surface area contributed by atoms with Crippen molar-refractivity contribution in [3.05, 3.63) is 54.1 Å². The highest BCUT2D eigenvalue weighted by atomic mass is 16.7. The fourth-order valence-electron chi connectivity index (χ4n) is 3.32. The van der Waals surface area contributed by atoms with Crippen molar-refractivity contribution in [2.75, 3.05) is 13.2 Å². The fraction of sp³-hybridized carbons (Fsp3) is 0.417. The van der Waals surface area contributed by atoms with Gasteiger partial charge in [-0.15, -0.1) is 0 Å². The molecule has 1 aliphatic heterocycles. The summed E-state index contributed by atoms with van der Waals surface area (Å²) in [5, 5.41) is 8.88. The van der Waals surface area contributed by atoms with Gasteiger partial charge in [-0.25, -0.2) is 4.79 Å². The average Bonchev–Trinajstić information content (AvgIpc) is 2.78. The molecular weight excluding hydrogens is 366 g/mol. The quantitative estimate of drug-likeness (QED) is 0.355. The molecule has 152 valence electrons. The normalized spacial score (nSPS) is 18.8. The van der Waals surface area contributed by atoms with Crippen molar-refractivity contribution >= 4 is 5.97 Å². The molecule has 0 spiro atoms. The fourth-order valence-corrected chi connectivity index (χ4v) is 3.32. The Morgan fingerprint density at radius 1 is 1.00 bits per heavy atom. The van der Waals surface area contributed by atoms with Crippen LogP contribution in [-0.4, -0.2) is 25.5 Å². The van der Waals surface area contributed by atoms with Gasteiger partial charge in [0.05, 0.1) is 24.8 Å². The molecule has 0 saturated carbocycles. The summed E-state index contributed by atoms with van der Waals surface area (Å²) in [5.41, 5.74) is 2.59. The number of unbranched alkanes of at least 4 members (excludes halogenated alkanes) is 3. The van der Waals surface area contributed by atoms with Gasteiger partial charge in [0.25, 0.3) is 6.29 Å². The van der Waals surface area contributed by atoms with Gasteiger partial charge in [0.15, 0.2) is 0 Å². The van der Waals surface area contributed by atoms with Gasteiger partial charge in [-0.1, -0.05) is 56.9 Å². The number of esters is 1. The van der Waals surface area contributed by atoms with E-state index in [1.54, 1.807) is 24.3 Å². The summed E-state index contributed by atoms with van der Waals surface area (Å²) in [5.74, 6) is 0.268. The topological polar surface area (TPSA) is 68.5 Å². The highest BCUT2D eigenvalue weighted by Gasteiger charge is 2.29. The third-order valence-corrected chi connectivity index (χ3v) is 5.05. The molecule has 0 radical (unpaired) electrons. The van der Waals surface area contributed by atoms with Crippen molar-refractivity contribution in [3.63, 3.8) is 0 Å². The van der Waals surface area contributed by atoms with Crippen LogP contribution in [0.5, 0.6) is 5.75 Å². The van der Waals surface area contributed by atoms with Gasteiger partial charge >= 0.3 is 5.97 Å². The van der Waals surface area contributed by atoms with Crippen molar-refractivity contribution < 1.29 is 19.0 Å². The lowest BCUT2D eigenvalue weighted by Crippen LogP contribution is -2.39. The van der Waals surface area contributed by atoms with E-state index in [9.17, 15) is 4.79 Å². The number of nitrogens with zero attached hydrogens (tertiary/aromatic N) is 1. The number of rotatable bonds is 8. The van der Waals surface area contributed by atoms with Crippen LogP contribution in [0.25, 0.3) is 11.1 Å². The minimum Gasteiger partial charge on any atom is -0.423 e. The lowest BCUT2D eigenvalue weighted by atomic mass is 10.0. The molecule has 0 aliphatic carbocycles. The van der Waals surface area contributed by atoms with Crippen molar-refractivity contribution in [1.82, 2.24) is 0 Å². The van der Waals surface area contributed by atoms with E-state index < -0.39 is 12.3 Å². The second-order valence-electron chi connectivity index (χ2n) is 7.35. The number of carbonyl (C=O) groups excluding carboxylic acids is 1. The molecule has 5 nitrogen and oxygen atoms in total. The van der Waals surface area contributed by atoms with E-state index in [1.807, 2.05) is 24.3 Å². The lowest BCUT2D eigenvalue weighted by molar-refractivity contribution is -0.215. The van der Waals surface area contributed by atoms with Crippen LogP contribution in [0.3, 0.4) is 0 Å². The van der Waals surface area contributed by atoms with Gasteiger partial charge in [0, 0.05) is 5.92 Å². The maximum absolute atomic E-state index is 12.3. The Kier molecular flexibility index (Phi) is 7.80. The molecule has 0 aromatic heterocycles. The summed E-state index contributed by atoms with van der Waals surface area (Å²) in [6.07, 6.45) is 4.99. The first kappa shape index (κ1) is 21.0. The molecule has 2 aromatic rings. The molecule has 1 heterocycles. The third kappa shape index (κ3) is 6.15. The van der Waals surface area contributed by atoms with E-state index in [-0.39, 0.29) is 0 Å². The van der Waals surface area contributed by atoms with Crippen molar-refractivity contribution in [2.24, 2.45) is 5.92 Å². The SMILES string of the molecule is CCCCCC[C@H]1CO[C@H](C(=O)Oc2ccc(-c3ccc(C#N)cc3)cc2)OC1. The standard InChI is InChI=1S/C24H27NO4/c1-2-3-4-5-6-19-16-27-24(28-17-19)23(26)29-22-13-11-21(12-14-22)20-9-7-18(15-25)8-10-20/h7-14,19,24H,2-6,16-17H2,1H3/t19-,24-. The van der Waals surface area contributed by atoms with E-state index in [0.29, 0.717) is 30.4 Å². The largest absolute Gasteiger partial charge is 0.423 e. The monoisotopic (exact) mass is 393 g/mol. The molecule has 3 rings (SSSR count). The summed E-state index contributed by atoms with van der Waals surface area (Å²) in [6, 6.07) is 16.7. The van der Waals surface area contributed by atoms with Crippen molar-refractivity contribution in [3.8, 4) is 22.9 Å². The molecule has 1 aliphatic rings. The second-order valence-corrected chi connectivity index (χ2v) is 7.35. The van der Waals surface area contributed by atoms with Crippen LogP contribution >= 0.6 is 0 Å². The van der Waals surface area contributed by atoms with Crippen molar-refractivity contribution in [2.45, 2.75) is 45.3 Å². The predicted molar refractivity (Wildman–Crippen MR) is 110 cm³/mol. The van der Waals surface area contributed by atoms with Gasteiger partial charge in [-0.05, 0) is 41.8 Å². The summed E-state index contributed by atoms with van der Waals surface area (Å²) in [7, 11) is 0. The second kappa shape index (κ2) is 10.8. The molecule has 1 saturated heterocycles. The Labute approximate surface area is 172 Å². The third-order valence-electron chi connectivity index (χ3n) is 5.05. The van der Waals surface area contributed by atoms with E-state index >= 15 is 0 Å². The zero-order valence-electron chi connectivity index (χ0n) is 16.8. The van der Waals surface area contributed by atoms with Gasteiger partial charge in [0.1, 0.15) is 5.75 Å². The molecule has 0 bridgehead atoms. The number of hydrogen-bond donors (Lipinski definition) is 0. The summed E-state index contributed by atoms with van der Waals surface area (Å²) < 4.78 is 16.5. The maximum atomic E-state index is 12.3. The summed E-state index contributed by atoms with van der Waals surface area (Å²) in [6.45, 7) is 3.26. The lowest BCUT2D eigenvalue weighted by Gasteiger charge is -2.28. The predicted octanol–water partition coefficient (Wildman–Crippen LogP) is 5.09. The van der Waals surface area contributed by atoms with Crippen LogP contribution in [0, 0.1) is 17.2 Å². The maximum Gasteiger partial charge on any atom is 0.368 e. The first-order chi connectivity index (χ1) is 14.2. The number of benzene rings is 2. The molecule has 5 heteroatoms. The van der Waals surface area contributed by atoms with Crippen LogP contribution < -0.4 is 4.74 Å². The Balaban J connectivity index is 1.46. The van der Waals surface area contributed by atoms with E-state index in [0.717, 1.165) is 17.5 Å². The molecule has 0 unspecified atom stereocenters.